The van der Waals surface area contributed by atoms with E-state index in [-0.39, 0.29) is 23.8 Å². The van der Waals surface area contributed by atoms with Gasteiger partial charge in [-0.05, 0) is 48.6 Å². The van der Waals surface area contributed by atoms with E-state index in [1.807, 2.05) is 6.07 Å². The molecule has 0 radical (unpaired) electrons. The van der Waals surface area contributed by atoms with E-state index in [0.717, 1.165) is 55.3 Å². The number of hydrogen-bond donors (Lipinski definition) is 3. The highest BCUT2D eigenvalue weighted by Gasteiger charge is 2.47. The van der Waals surface area contributed by atoms with Gasteiger partial charge in [0.1, 0.15) is 11.3 Å². The molecule has 6 rings (SSSR count). The number of nitrogens with one attached hydrogen (secondary N) is 2. The van der Waals surface area contributed by atoms with Gasteiger partial charge in [0.25, 0.3) is 0 Å². The number of fused-ring (bicyclic) bond motifs is 3. The fraction of sp³-hybridized carbons (Fsp3) is 0.375. The molecule has 3 aromatic rings. The molecule has 1 saturated heterocycles. The first kappa shape index (κ1) is 19.3. The lowest BCUT2D eigenvalue weighted by molar-refractivity contribution is -0.122. The highest BCUT2D eigenvalue weighted by atomic mass is 16.5. The van der Waals surface area contributed by atoms with E-state index in [2.05, 4.69) is 56.6 Å². The molecule has 8 heteroatoms. The van der Waals surface area contributed by atoms with Gasteiger partial charge in [0, 0.05) is 36.6 Å². The monoisotopic (exact) mass is 430 g/mol. The van der Waals surface area contributed by atoms with Crippen LogP contribution < -0.4 is 16.0 Å². The summed E-state index contributed by atoms with van der Waals surface area (Å²) in [6.45, 7) is 3.35. The third-order valence-corrected chi connectivity index (χ3v) is 7.02. The quantitative estimate of drug-likeness (QED) is 0.537. The summed E-state index contributed by atoms with van der Waals surface area (Å²) in [5.41, 5.74) is 10.3. The summed E-state index contributed by atoms with van der Waals surface area (Å²) in [7, 11) is 0. The molecule has 1 saturated carbocycles. The molecule has 164 valence electrons. The van der Waals surface area contributed by atoms with E-state index in [1.54, 1.807) is 6.20 Å². The van der Waals surface area contributed by atoms with Crippen LogP contribution in [0.5, 0.6) is 0 Å². The first-order valence-corrected chi connectivity index (χ1v) is 11.2. The number of pyridine rings is 1. The molecule has 2 fully saturated rings. The molecule has 1 aromatic carbocycles. The molecule has 1 amide bonds. The third kappa shape index (κ3) is 3.22. The Kier molecular flexibility index (Phi) is 4.61. The molecule has 8 nitrogen and oxygen atoms in total. The molecule has 0 spiro atoms. The van der Waals surface area contributed by atoms with E-state index in [4.69, 9.17) is 15.5 Å². The topological polar surface area (TPSA) is 109 Å². The van der Waals surface area contributed by atoms with Crippen LogP contribution in [0, 0.1) is 17.8 Å². The number of nitrogens with zero attached hydrogens (tertiary/aromatic N) is 3. The van der Waals surface area contributed by atoms with Gasteiger partial charge >= 0.3 is 0 Å². The van der Waals surface area contributed by atoms with Crippen molar-refractivity contribution in [3.05, 3.63) is 48.7 Å². The Morgan fingerprint density at radius 3 is 2.69 bits per heavy atom. The van der Waals surface area contributed by atoms with Gasteiger partial charge in [-0.25, -0.2) is 9.97 Å². The maximum Gasteiger partial charge on any atom is 0.223 e. The Labute approximate surface area is 185 Å². The summed E-state index contributed by atoms with van der Waals surface area (Å²) >= 11 is 0. The molecular weight excluding hydrogens is 404 g/mol. The van der Waals surface area contributed by atoms with Crippen molar-refractivity contribution >= 4 is 28.4 Å². The zero-order valence-electron chi connectivity index (χ0n) is 17.7. The van der Waals surface area contributed by atoms with E-state index < -0.39 is 0 Å². The Hall–Kier alpha value is -3.39. The van der Waals surface area contributed by atoms with Crippen molar-refractivity contribution in [2.45, 2.75) is 12.5 Å². The van der Waals surface area contributed by atoms with Gasteiger partial charge in [-0.1, -0.05) is 12.2 Å². The van der Waals surface area contributed by atoms with Crippen molar-refractivity contribution in [1.82, 2.24) is 15.0 Å². The number of amides is 1. The number of aromatic nitrogens is 3. The second-order valence-electron chi connectivity index (χ2n) is 8.84. The second-order valence-corrected chi connectivity index (χ2v) is 8.84. The number of aromatic amines is 1. The largest absolute Gasteiger partial charge is 0.379 e. The molecule has 3 heterocycles. The van der Waals surface area contributed by atoms with E-state index in [9.17, 15) is 4.79 Å². The zero-order valence-corrected chi connectivity index (χ0v) is 17.7. The molecule has 2 bridgehead atoms. The number of imidazole rings is 1. The first-order chi connectivity index (χ1) is 15.7. The van der Waals surface area contributed by atoms with Crippen molar-refractivity contribution in [2.24, 2.45) is 23.5 Å². The van der Waals surface area contributed by atoms with Gasteiger partial charge in [-0.2, -0.15) is 0 Å². The standard InChI is InChI=1S/C24H26N6O2/c25-22(31)19-15-1-2-16(13-15)20(19)27-18-7-8-26-24-21(18)28-23(29-24)14-3-5-17(6-4-14)30-9-11-32-12-10-30/h1-8,15-16,19-20H,9-13H2,(H2,25,31)(H2,26,27,28,29)/t15-,16-,19+,20-/m1/s1. The van der Waals surface area contributed by atoms with Gasteiger partial charge in [-0.15, -0.1) is 0 Å². The fourth-order valence-corrected chi connectivity index (χ4v) is 5.41. The number of ether oxygens (including phenoxy) is 1. The smallest absolute Gasteiger partial charge is 0.223 e. The van der Waals surface area contributed by atoms with Crippen molar-refractivity contribution < 1.29 is 9.53 Å². The maximum absolute atomic E-state index is 12.1. The highest BCUT2D eigenvalue weighted by molar-refractivity contribution is 5.88. The molecule has 4 atom stereocenters. The summed E-state index contributed by atoms with van der Waals surface area (Å²) in [5, 5.41) is 3.58. The lowest BCUT2D eigenvalue weighted by Crippen LogP contribution is -2.41. The van der Waals surface area contributed by atoms with Crippen LogP contribution in [-0.2, 0) is 9.53 Å². The predicted octanol–water partition coefficient (Wildman–Crippen LogP) is 2.55. The number of carbonyl (C=O) groups excluding carboxylic acids is 1. The van der Waals surface area contributed by atoms with E-state index >= 15 is 0 Å². The van der Waals surface area contributed by atoms with Crippen LogP contribution in [-0.4, -0.2) is 53.2 Å². The van der Waals surface area contributed by atoms with E-state index in [1.165, 1.54) is 5.69 Å². The molecule has 2 aromatic heterocycles. The number of benzene rings is 1. The van der Waals surface area contributed by atoms with Crippen molar-refractivity contribution in [3.8, 4) is 11.4 Å². The van der Waals surface area contributed by atoms with Gasteiger partial charge in [0.05, 0.1) is 24.8 Å². The minimum Gasteiger partial charge on any atom is -0.379 e. The number of H-pyrrole nitrogens is 1. The summed E-state index contributed by atoms with van der Waals surface area (Å²) < 4.78 is 5.44. The molecule has 2 aliphatic carbocycles. The average molecular weight is 431 g/mol. The number of carbonyl (C=O) groups is 1. The number of rotatable bonds is 5. The SMILES string of the molecule is NC(=O)[C@@H]1[C@H](Nc2ccnc3nc(-c4ccc(N5CCOCC5)cc4)[nH]c23)[C@@H]2C=C[C@@H]1C2. The van der Waals surface area contributed by atoms with Gasteiger partial charge in [0.15, 0.2) is 5.65 Å². The van der Waals surface area contributed by atoms with Gasteiger partial charge in [-0.3, -0.25) is 4.79 Å². The zero-order chi connectivity index (χ0) is 21.7. The minimum atomic E-state index is -0.240. The lowest BCUT2D eigenvalue weighted by Gasteiger charge is -2.28. The first-order valence-electron chi connectivity index (χ1n) is 11.2. The Morgan fingerprint density at radius 1 is 1.12 bits per heavy atom. The normalized spacial score (nSPS) is 26.7. The van der Waals surface area contributed by atoms with Gasteiger partial charge < -0.3 is 25.7 Å². The molecule has 4 N–H and O–H groups in total. The fourth-order valence-electron chi connectivity index (χ4n) is 5.41. The summed E-state index contributed by atoms with van der Waals surface area (Å²) in [5.74, 6) is 0.888. The number of nitrogens with two attached hydrogens (primary N) is 1. The maximum atomic E-state index is 12.1. The minimum absolute atomic E-state index is 0.00680. The van der Waals surface area contributed by atoms with Crippen LogP contribution in [0.4, 0.5) is 11.4 Å². The average Bonchev–Trinajstić information content (AvgIpc) is 3.55. The second kappa shape index (κ2) is 7.63. The number of allylic oxidation sites excluding steroid dienone is 1. The van der Waals surface area contributed by atoms with Crippen LogP contribution in [0.15, 0.2) is 48.7 Å². The van der Waals surface area contributed by atoms with Crippen LogP contribution in [0.1, 0.15) is 6.42 Å². The molecule has 32 heavy (non-hydrogen) atoms. The van der Waals surface area contributed by atoms with Gasteiger partial charge in [0.2, 0.25) is 5.91 Å². The third-order valence-electron chi connectivity index (χ3n) is 7.02. The Balaban J connectivity index is 1.28. The number of hydrogen-bond acceptors (Lipinski definition) is 6. The number of anilines is 2. The molecule has 0 unspecified atom stereocenters. The van der Waals surface area contributed by atoms with E-state index in [0.29, 0.717) is 11.6 Å². The lowest BCUT2D eigenvalue weighted by atomic mass is 9.88. The van der Waals surface area contributed by atoms with Crippen molar-refractivity contribution in [1.29, 1.82) is 0 Å². The van der Waals surface area contributed by atoms with Crippen LogP contribution >= 0.6 is 0 Å². The van der Waals surface area contributed by atoms with Crippen molar-refractivity contribution in [2.75, 3.05) is 36.5 Å². The predicted molar refractivity (Wildman–Crippen MR) is 123 cm³/mol. The summed E-state index contributed by atoms with van der Waals surface area (Å²) in [4.78, 5) is 27.0. The number of morpholine rings is 1. The Morgan fingerprint density at radius 2 is 1.91 bits per heavy atom. The molecule has 1 aliphatic heterocycles. The number of primary amides is 1. The molecule has 3 aliphatic rings. The highest BCUT2D eigenvalue weighted by Crippen LogP contribution is 2.45. The Bertz CT molecular complexity index is 1180. The molecular formula is C24H26N6O2. The van der Waals surface area contributed by atoms with Crippen LogP contribution in [0.25, 0.3) is 22.6 Å². The summed E-state index contributed by atoms with van der Waals surface area (Å²) in [6.07, 6.45) is 7.06. The van der Waals surface area contributed by atoms with Crippen LogP contribution in [0.2, 0.25) is 0 Å². The summed E-state index contributed by atoms with van der Waals surface area (Å²) in [6, 6.07) is 10.3. The van der Waals surface area contributed by atoms with Crippen molar-refractivity contribution in [3.63, 3.8) is 0 Å². The van der Waals surface area contributed by atoms with Crippen LogP contribution in [0.3, 0.4) is 0 Å².